The summed E-state index contributed by atoms with van der Waals surface area (Å²) in [6.45, 7) is 6.94. The number of carbonyl (C=O) groups is 2. The normalized spacial score (nSPS) is 50.5. The third-order valence-corrected chi connectivity index (χ3v) is 9.57. The van der Waals surface area contributed by atoms with E-state index >= 15 is 0 Å². The van der Waals surface area contributed by atoms with E-state index in [2.05, 4.69) is 20.8 Å². The van der Waals surface area contributed by atoms with Gasteiger partial charge in [-0.2, -0.15) is 0 Å². The number of carbonyl (C=O) groups excluding carboxylic acids is 2. The number of ketones is 1. The first-order valence-electron chi connectivity index (χ1n) is 11.3. The highest BCUT2D eigenvalue weighted by Gasteiger charge is 2.66. The molecule has 0 aromatic carbocycles. The summed E-state index contributed by atoms with van der Waals surface area (Å²) in [5.74, 6) is 1.82. The van der Waals surface area contributed by atoms with E-state index in [4.69, 9.17) is 10.5 Å². The molecule has 3 N–H and O–H groups in total. The van der Waals surface area contributed by atoms with E-state index in [0.29, 0.717) is 36.5 Å². The molecule has 5 nitrogen and oxygen atoms in total. The zero-order chi connectivity index (χ0) is 20.3. The van der Waals surface area contributed by atoms with Gasteiger partial charge in [-0.1, -0.05) is 20.8 Å². The van der Waals surface area contributed by atoms with Crippen molar-refractivity contribution in [2.75, 3.05) is 6.54 Å². The largest absolute Gasteiger partial charge is 0.462 e. The highest BCUT2D eigenvalue weighted by atomic mass is 16.5. The summed E-state index contributed by atoms with van der Waals surface area (Å²) in [5.41, 5.74) is 4.36. The second-order valence-electron chi connectivity index (χ2n) is 10.7. The molecule has 5 heteroatoms. The molecule has 4 saturated carbocycles. The van der Waals surface area contributed by atoms with Crippen LogP contribution < -0.4 is 5.73 Å². The van der Waals surface area contributed by atoms with E-state index in [9.17, 15) is 14.7 Å². The first-order valence-corrected chi connectivity index (χ1v) is 11.3. The first kappa shape index (κ1) is 20.3. The van der Waals surface area contributed by atoms with Crippen molar-refractivity contribution in [1.29, 1.82) is 0 Å². The number of fused-ring (bicyclic) bond motifs is 5. The van der Waals surface area contributed by atoms with Crippen LogP contribution in [-0.4, -0.2) is 35.1 Å². The topological polar surface area (TPSA) is 89.6 Å². The predicted molar refractivity (Wildman–Crippen MR) is 106 cm³/mol. The minimum Gasteiger partial charge on any atom is -0.462 e. The van der Waals surface area contributed by atoms with Crippen LogP contribution in [0.15, 0.2) is 0 Å². The van der Waals surface area contributed by atoms with Crippen LogP contribution >= 0.6 is 0 Å². The molecule has 0 aliphatic heterocycles. The van der Waals surface area contributed by atoms with Gasteiger partial charge in [0.15, 0.2) is 0 Å². The van der Waals surface area contributed by atoms with Gasteiger partial charge in [-0.25, -0.2) is 0 Å². The smallest absolute Gasteiger partial charge is 0.307 e. The molecule has 4 fully saturated rings. The molecule has 4 aliphatic carbocycles. The van der Waals surface area contributed by atoms with Crippen LogP contribution in [0.3, 0.4) is 0 Å². The van der Waals surface area contributed by atoms with Gasteiger partial charge in [-0.15, -0.1) is 0 Å². The molecule has 0 heterocycles. The Morgan fingerprint density at radius 3 is 2.68 bits per heavy atom. The van der Waals surface area contributed by atoms with Crippen molar-refractivity contribution < 1.29 is 19.4 Å². The molecule has 28 heavy (non-hydrogen) atoms. The van der Waals surface area contributed by atoms with E-state index in [1.807, 2.05) is 0 Å². The summed E-state index contributed by atoms with van der Waals surface area (Å²) in [6.07, 6.45) is 6.99. The molecular weight excluding hydrogens is 354 g/mol. The molecule has 0 unspecified atom stereocenters. The van der Waals surface area contributed by atoms with Crippen molar-refractivity contribution >= 4 is 11.8 Å². The van der Waals surface area contributed by atoms with Crippen molar-refractivity contribution in [3.05, 3.63) is 0 Å². The average Bonchev–Trinajstić information content (AvgIpc) is 2.93. The molecule has 0 radical (unpaired) electrons. The Balaban J connectivity index is 1.58. The van der Waals surface area contributed by atoms with Gasteiger partial charge >= 0.3 is 5.97 Å². The molecule has 0 spiro atoms. The highest BCUT2D eigenvalue weighted by molar-refractivity contribution is 5.87. The lowest BCUT2D eigenvalue weighted by atomic mass is 9.41. The Kier molecular flexibility index (Phi) is 4.94. The minimum absolute atomic E-state index is 0.137. The summed E-state index contributed by atoms with van der Waals surface area (Å²) in [7, 11) is 0. The quantitative estimate of drug-likeness (QED) is 0.721. The maximum atomic E-state index is 12.6. The van der Waals surface area contributed by atoms with Gasteiger partial charge < -0.3 is 15.6 Å². The Labute approximate surface area is 168 Å². The summed E-state index contributed by atoms with van der Waals surface area (Å²) in [4.78, 5) is 24.5. The maximum Gasteiger partial charge on any atom is 0.307 e. The molecule has 4 rings (SSSR count). The van der Waals surface area contributed by atoms with Crippen LogP contribution in [-0.2, 0) is 14.3 Å². The summed E-state index contributed by atoms with van der Waals surface area (Å²) >= 11 is 0. The van der Waals surface area contributed by atoms with E-state index in [1.165, 1.54) is 0 Å². The number of esters is 1. The Morgan fingerprint density at radius 1 is 1.21 bits per heavy atom. The van der Waals surface area contributed by atoms with Crippen molar-refractivity contribution in [3.63, 3.8) is 0 Å². The van der Waals surface area contributed by atoms with Crippen molar-refractivity contribution in [3.8, 4) is 0 Å². The van der Waals surface area contributed by atoms with Crippen LogP contribution in [0.2, 0.25) is 0 Å². The SMILES string of the molecule is C[C@H]1C[C@H]2[C@@H]3CCC(=O)[C@@]3(C)CC[C@@H]2[C@@]2(C)CC[C@H](OC(=O)CCN)C[C@]12O. The molecule has 0 bridgehead atoms. The van der Waals surface area contributed by atoms with Gasteiger partial charge in [0, 0.05) is 24.8 Å². The van der Waals surface area contributed by atoms with Crippen molar-refractivity contribution in [2.45, 2.75) is 90.3 Å². The third kappa shape index (κ3) is 2.72. The zero-order valence-electron chi connectivity index (χ0n) is 17.7. The monoisotopic (exact) mass is 391 g/mol. The van der Waals surface area contributed by atoms with Crippen LogP contribution in [0, 0.1) is 34.5 Å². The standard InChI is InChI=1S/C23H37NO4/c1-14-12-16-17-4-5-19(25)21(17,2)9-7-18(16)22(3)10-6-15(13-23(14,22)27)28-20(26)8-11-24/h14-18,27H,4-13,24H2,1-3H3/t14-,15-,16-,17-,18-,21-,22+,23-/m0/s1. The summed E-state index contributed by atoms with van der Waals surface area (Å²) < 4.78 is 5.65. The number of ether oxygens (including phenoxy) is 1. The Morgan fingerprint density at radius 2 is 1.96 bits per heavy atom. The Hall–Kier alpha value is -0.940. The number of hydrogen-bond donors (Lipinski definition) is 2. The second-order valence-corrected chi connectivity index (χ2v) is 10.7. The molecule has 158 valence electrons. The second kappa shape index (κ2) is 6.80. The van der Waals surface area contributed by atoms with Gasteiger partial charge in [-0.05, 0) is 67.6 Å². The van der Waals surface area contributed by atoms with Gasteiger partial charge in [0.05, 0.1) is 12.0 Å². The lowest BCUT2D eigenvalue weighted by molar-refractivity contribution is -0.244. The Bertz CT molecular complexity index is 665. The predicted octanol–water partition coefficient (Wildman–Crippen LogP) is 3.22. The molecule has 0 saturated heterocycles. The average molecular weight is 392 g/mol. The highest BCUT2D eigenvalue weighted by Crippen LogP contribution is 2.67. The van der Waals surface area contributed by atoms with E-state index in [0.717, 1.165) is 44.9 Å². The first-order chi connectivity index (χ1) is 13.2. The fourth-order valence-corrected chi connectivity index (χ4v) is 7.87. The maximum absolute atomic E-state index is 12.6. The van der Waals surface area contributed by atoms with Crippen LogP contribution in [0.5, 0.6) is 0 Å². The van der Waals surface area contributed by atoms with E-state index in [1.54, 1.807) is 0 Å². The lowest BCUT2D eigenvalue weighted by Gasteiger charge is -2.65. The lowest BCUT2D eigenvalue weighted by Crippen LogP contribution is -2.66. The fourth-order valence-electron chi connectivity index (χ4n) is 7.87. The molecule has 0 amide bonds. The van der Waals surface area contributed by atoms with Gasteiger partial charge in [0.1, 0.15) is 11.9 Å². The molecule has 0 aromatic heterocycles. The third-order valence-electron chi connectivity index (χ3n) is 9.57. The van der Waals surface area contributed by atoms with Gasteiger partial charge in [0.2, 0.25) is 0 Å². The van der Waals surface area contributed by atoms with Crippen molar-refractivity contribution in [2.24, 2.45) is 40.2 Å². The van der Waals surface area contributed by atoms with Crippen molar-refractivity contribution in [1.82, 2.24) is 0 Å². The zero-order valence-corrected chi connectivity index (χ0v) is 17.7. The van der Waals surface area contributed by atoms with Crippen LogP contribution in [0.25, 0.3) is 0 Å². The fraction of sp³-hybridized carbons (Fsp3) is 0.913. The number of aliphatic hydroxyl groups is 1. The summed E-state index contributed by atoms with van der Waals surface area (Å²) in [5, 5.41) is 11.9. The minimum atomic E-state index is -0.809. The number of nitrogens with two attached hydrogens (primary N) is 1. The van der Waals surface area contributed by atoms with E-state index in [-0.39, 0.29) is 35.2 Å². The van der Waals surface area contributed by atoms with Crippen LogP contribution in [0.4, 0.5) is 0 Å². The van der Waals surface area contributed by atoms with Crippen LogP contribution in [0.1, 0.15) is 78.6 Å². The summed E-state index contributed by atoms with van der Waals surface area (Å²) in [6, 6.07) is 0. The molecule has 4 aliphatic rings. The molecule has 8 atom stereocenters. The number of Topliss-reactive ketones (excluding diaryl/α,β-unsaturated/α-hetero) is 1. The van der Waals surface area contributed by atoms with Gasteiger partial charge in [0.25, 0.3) is 0 Å². The number of hydrogen-bond acceptors (Lipinski definition) is 5. The van der Waals surface area contributed by atoms with E-state index < -0.39 is 5.60 Å². The number of rotatable bonds is 3. The molecular formula is C23H37NO4. The molecule has 0 aromatic rings. The van der Waals surface area contributed by atoms with Gasteiger partial charge in [-0.3, -0.25) is 9.59 Å².